The van der Waals surface area contributed by atoms with Gasteiger partial charge >= 0.3 is 6.01 Å². The van der Waals surface area contributed by atoms with Gasteiger partial charge in [0.15, 0.2) is 0 Å². The molecular formula is C11H20N6O2. The number of nitrogens with two attached hydrogens (primary N) is 1. The molecule has 1 aliphatic heterocycles. The summed E-state index contributed by atoms with van der Waals surface area (Å²) >= 11 is 0. The normalized spacial score (nSPS) is 23.3. The lowest BCUT2D eigenvalue weighted by Crippen LogP contribution is -2.46. The molecule has 2 rings (SSSR count). The quantitative estimate of drug-likeness (QED) is 0.589. The Morgan fingerprint density at radius 3 is 2.58 bits per heavy atom. The monoisotopic (exact) mass is 268 g/mol. The molecule has 1 saturated heterocycles. The van der Waals surface area contributed by atoms with Gasteiger partial charge in [0.25, 0.3) is 0 Å². The van der Waals surface area contributed by atoms with E-state index < -0.39 is 0 Å². The van der Waals surface area contributed by atoms with Crippen molar-refractivity contribution in [1.82, 2.24) is 15.0 Å². The number of hydrogen-bond acceptors (Lipinski definition) is 8. The van der Waals surface area contributed by atoms with E-state index >= 15 is 0 Å². The average molecular weight is 268 g/mol. The molecule has 1 fully saturated rings. The fraction of sp³-hybridized carbons (Fsp3) is 0.727. The number of morpholine rings is 1. The molecular weight excluding hydrogens is 248 g/mol. The summed E-state index contributed by atoms with van der Waals surface area (Å²) in [5, 5.41) is 0. The van der Waals surface area contributed by atoms with E-state index in [1.165, 1.54) is 0 Å². The van der Waals surface area contributed by atoms with Crippen LogP contribution in [0.25, 0.3) is 0 Å². The molecule has 2 heterocycles. The first-order chi connectivity index (χ1) is 9.12. The highest BCUT2D eigenvalue weighted by Gasteiger charge is 2.25. The Morgan fingerprint density at radius 2 is 2.00 bits per heavy atom. The van der Waals surface area contributed by atoms with Crippen molar-refractivity contribution in [3.63, 3.8) is 0 Å². The first kappa shape index (κ1) is 13.8. The molecule has 1 aromatic heterocycles. The molecule has 0 saturated carbocycles. The zero-order valence-electron chi connectivity index (χ0n) is 11.5. The number of hydrazine groups is 1. The van der Waals surface area contributed by atoms with E-state index in [-0.39, 0.29) is 18.2 Å². The summed E-state index contributed by atoms with van der Waals surface area (Å²) in [6.45, 7) is 7.86. The van der Waals surface area contributed by atoms with E-state index in [2.05, 4.69) is 20.4 Å². The van der Waals surface area contributed by atoms with Crippen LogP contribution >= 0.6 is 0 Å². The third-order valence-corrected chi connectivity index (χ3v) is 2.71. The molecule has 1 aromatic rings. The van der Waals surface area contributed by atoms with E-state index in [0.717, 1.165) is 13.1 Å². The molecule has 0 aliphatic carbocycles. The lowest BCUT2D eigenvalue weighted by molar-refractivity contribution is -0.00577. The highest BCUT2D eigenvalue weighted by atomic mass is 16.5. The lowest BCUT2D eigenvalue weighted by Gasteiger charge is -2.35. The van der Waals surface area contributed by atoms with E-state index in [1.807, 2.05) is 25.7 Å². The maximum absolute atomic E-state index is 5.69. The van der Waals surface area contributed by atoms with Crippen LogP contribution in [-0.4, -0.2) is 46.9 Å². The molecule has 0 radical (unpaired) electrons. The molecule has 0 bridgehead atoms. The van der Waals surface area contributed by atoms with Crippen molar-refractivity contribution in [2.75, 3.05) is 30.0 Å². The van der Waals surface area contributed by atoms with Crippen LogP contribution in [0.5, 0.6) is 6.01 Å². The number of rotatable bonds is 4. The first-order valence-corrected chi connectivity index (χ1v) is 6.38. The smallest absolute Gasteiger partial charge is 0.323 e. The third kappa shape index (κ3) is 3.42. The number of anilines is 2. The van der Waals surface area contributed by atoms with Crippen molar-refractivity contribution in [3.05, 3.63) is 0 Å². The van der Waals surface area contributed by atoms with Crippen molar-refractivity contribution in [2.45, 2.75) is 33.0 Å². The fourth-order valence-corrected chi connectivity index (χ4v) is 2.09. The second kappa shape index (κ2) is 5.98. The maximum atomic E-state index is 5.69. The summed E-state index contributed by atoms with van der Waals surface area (Å²) in [5.74, 6) is 6.21. The van der Waals surface area contributed by atoms with E-state index in [0.29, 0.717) is 18.5 Å². The summed E-state index contributed by atoms with van der Waals surface area (Å²) < 4.78 is 11.0. The summed E-state index contributed by atoms with van der Waals surface area (Å²) in [6, 6.07) is 0.271. The van der Waals surface area contributed by atoms with E-state index in [4.69, 9.17) is 15.3 Å². The SMILES string of the molecule is CCOc1nc(NN)nc(N2C[C@@H](C)O[C@@H](C)C2)n1. The minimum absolute atomic E-state index is 0.130. The standard InChI is InChI=1S/C11H20N6O2/c1-4-18-11-14-9(16-12)13-10(15-11)17-5-7(2)19-8(3)6-17/h7-8H,4-6,12H2,1-3H3,(H,13,14,15,16)/t7-,8+. The highest BCUT2D eigenvalue weighted by molar-refractivity contribution is 5.38. The van der Waals surface area contributed by atoms with Gasteiger partial charge in [-0.2, -0.15) is 15.0 Å². The summed E-state index contributed by atoms with van der Waals surface area (Å²) in [6.07, 6.45) is 0.260. The minimum atomic E-state index is 0.130. The number of ether oxygens (including phenoxy) is 2. The van der Waals surface area contributed by atoms with Crippen LogP contribution in [0.4, 0.5) is 11.9 Å². The number of aromatic nitrogens is 3. The topological polar surface area (TPSA) is 98.4 Å². The van der Waals surface area contributed by atoms with Crippen LogP contribution in [0.1, 0.15) is 20.8 Å². The number of nitrogens with zero attached hydrogens (tertiary/aromatic N) is 4. The predicted molar refractivity (Wildman–Crippen MR) is 71.0 cm³/mol. The summed E-state index contributed by atoms with van der Waals surface area (Å²) in [7, 11) is 0. The van der Waals surface area contributed by atoms with Crippen LogP contribution in [-0.2, 0) is 4.74 Å². The van der Waals surface area contributed by atoms with E-state index in [9.17, 15) is 0 Å². The van der Waals surface area contributed by atoms with Crippen molar-refractivity contribution < 1.29 is 9.47 Å². The van der Waals surface area contributed by atoms with Gasteiger partial charge in [-0.05, 0) is 20.8 Å². The maximum Gasteiger partial charge on any atom is 0.323 e. The molecule has 0 amide bonds. The van der Waals surface area contributed by atoms with Gasteiger partial charge in [0.05, 0.1) is 18.8 Å². The predicted octanol–water partition coefficient (Wildman–Crippen LogP) is 0.169. The van der Waals surface area contributed by atoms with Crippen LogP contribution in [0.2, 0.25) is 0 Å². The number of nitrogen functional groups attached to an aromatic ring is 1. The Hall–Kier alpha value is -1.67. The Bertz CT molecular complexity index is 420. The van der Waals surface area contributed by atoms with Gasteiger partial charge in [-0.1, -0.05) is 0 Å². The van der Waals surface area contributed by atoms with Gasteiger partial charge in [0.1, 0.15) is 0 Å². The molecule has 3 N–H and O–H groups in total. The Kier molecular flexibility index (Phi) is 4.33. The molecule has 8 heteroatoms. The largest absolute Gasteiger partial charge is 0.464 e. The molecule has 106 valence electrons. The summed E-state index contributed by atoms with van der Waals surface area (Å²) in [4.78, 5) is 14.6. The summed E-state index contributed by atoms with van der Waals surface area (Å²) in [5.41, 5.74) is 2.43. The minimum Gasteiger partial charge on any atom is -0.464 e. The Balaban J connectivity index is 2.24. The zero-order chi connectivity index (χ0) is 13.8. The van der Waals surface area contributed by atoms with Crippen LogP contribution in [0.15, 0.2) is 0 Å². The molecule has 0 aromatic carbocycles. The average Bonchev–Trinajstić information content (AvgIpc) is 2.37. The second-order valence-corrected chi connectivity index (χ2v) is 4.48. The lowest BCUT2D eigenvalue weighted by atomic mass is 10.2. The van der Waals surface area contributed by atoms with Gasteiger partial charge in [0, 0.05) is 13.1 Å². The first-order valence-electron chi connectivity index (χ1n) is 6.38. The van der Waals surface area contributed by atoms with Gasteiger partial charge in [-0.15, -0.1) is 0 Å². The van der Waals surface area contributed by atoms with Gasteiger partial charge in [-0.3, -0.25) is 5.43 Å². The van der Waals surface area contributed by atoms with Crippen LogP contribution in [0, 0.1) is 0 Å². The van der Waals surface area contributed by atoms with Crippen LogP contribution in [0.3, 0.4) is 0 Å². The molecule has 2 atom stereocenters. The van der Waals surface area contributed by atoms with E-state index in [1.54, 1.807) is 0 Å². The fourth-order valence-electron chi connectivity index (χ4n) is 2.09. The van der Waals surface area contributed by atoms with Crippen molar-refractivity contribution >= 4 is 11.9 Å². The Labute approximate surface area is 112 Å². The molecule has 0 unspecified atom stereocenters. The molecule has 19 heavy (non-hydrogen) atoms. The van der Waals surface area contributed by atoms with Crippen molar-refractivity contribution in [1.29, 1.82) is 0 Å². The number of nitrogens with one attached hydrogen (secondary N) is 1. The molecule has 0 spiro atoms. The van der Waals surface area contributed by atoms with Crippen molar-refractivity contribution in [2.24, 2.45) is 5.84 Å². The van der Waals surface area contributed by atoms with Crippen molar-refractivity contribution in [3.8, 4) is 6.01 Å². The van der Waals surface area contributed by atoms with Crippen LogP contribution < -0.4 is 20.9 Å². The van der Waals surface area contributed by atoms with Gasteiger partial charge in [0.2, 0.25) is 11.9 Å². The molecule has 8 nitrogen and oxygen atoms in total. The van der Waals surface area contributed by atoms with Gasteiger partial charge in [-0.25, -0.2) is 5.84 Å². The number of hydrogen-bond donors (Lipinski definition) is 2. The Morgan fingerprint density at radius 1 is 1.32 bits per heavy atom. The molecule has 1 aliphatic rings. The highest BCUT2D eigenvalue weighted by Crippen LogP contribution is 2.19. The third-order valence-electron chi connectivity index (χ3n) is 2.71. The van der Waals surface area contributed by atoms with Gasteiger partial charge < -0.3 is 14.4 Å². The zero-order valence-corrected chi connectivity index (χ0v) is 11.5. The second-order valence-electron chi connectivity index (χ2n) is 4.48.